The maximum Gasteiger partial charge on any atom is 0.0849 e. The summed E-state index contributed by atoms with van der Waals surface area (Å²) in [4.78, 5) is 0. The van der Waals surface area contributed by atoms with Gasteiger partial charge in [0.05, 0.1) is 26.2 Å². The van der Waals surface area contributed by atoms with Gasteiger partial charge in [-0.3, -0.25) is 0 Å². The normalized spacial score (nSPS) is 54.0. The van der Waals surface area contributed by atoms with Crippen molar-refractivity contribution in [3.63, 3.8) is 0 Å². The van der Waals surface area contributed by atoms with Gasteiger partial charge in [-0.05, 0) is 26.3 Å². The SMILES string of the molecule is CC(C)[N+]1(C)CC2C(CN)C2(C)C1. The van der Waals surface area contributed by atoms with Gasteiger partial charge in [-0.1, -0.05) is 6.92 Å². The average molecular weight is 183 g/mol. The van der Waals surface area contributed by atoms with E-state index in [2.05, 4.69) is 27.8 Å². The number of piperidine rings is 1. The Hall–Kier alpha value is -0.0800. The van der Waals surface area contributed by atoms with Crippen molar-refractivity contribution in [3.05, 3.63) is 0 Å². The predicted octanol–water partition coefficient (Wildman–Crippen LogP) is 1.07. The van der Waals surface area contributed by atoms with Gasteiger partial charge in [-0.2, -0.15) is 0 Å². The monoisotopic (exact) mass is 183 g/mol. The van der Waals surface area contributed by atoms with Gasteiger partial charge in [-0.15, -0.1) is 0 Å². The van der Waals surface area contributed by atoms with Crippen LogP contribution in [0.2, 0.25) is 0 Å². The Labute approximate surface area is 81.7 Å². The first kappa shape index (κ1) is 9.47. The summed E-state index contributed by atoms with van der Waals surface area (Å²) in [5.74, 6) is 1.75. The van der Waals surface area contributed by atoms with Gasteiger partial charge in [0, 0.05) is 11.3 Å². The molecule has 1 aliphatic carbocycles. The molecular formula is C11H23N2+. The third-order valence-electron chi connectivity index (χ3n) is 4.89. The van der Waals surface area contributed by atoms with Gasteiger partial charge in [0.1, 0.15) is 0 Å². The van der Waals surface area contributed by atoms with E-state index in [1.54, 1.807) is 0 Å². The highest BCUT2D eigenvalue weighted by molar-refractivity contribution is 5.11. The summed E-state index contributed by atoms with van der Waals surface area (Å²) in [5, 5.41) is 0. The summed E-state index contributed by atoms with van der Waals surface area (Å²) < 4.78 is 1.26. The molecule has 2 nitrogen and oxygen atoms in total. The van der Waals surface area contributed by atoms with E-state index in [0.29, 0.717) is 5.41 Å². The van der Waals surface area contributed by atoms with Crippen LogP contribution in [0.5, 0.6) is 0 Å². The highest BCUT2D eigenvalue weighted by Crippen LogP contribution is 2.64. The van der Waals surface area contributed by atoms with Crippen molar-refractivity contribution in [2.75, 3.05) is 26.7 Å². The van der Waals surface area contributed by atoms with Gasteiger partial charge in [0.25, 0.3) is 0 Å². The second-order valence-electron chi connectivity index (χ2n) is 5.87. The van der Waals surface area contributed by atoms with E-state index in [1.165, 1.54) is 17.6 Å². The zero-order valence-corrected chi connectivity index (χ0v) is 9.38. The van der Waals surface area contributed by atoms with Crippen molar-refractivity contribution < 1.29 is 4.48 Å². The zero-order valence-electron chi connectivity index (χ0n) is 9.38. The molecule has 2 fully saturated rings. The van der Waals surface area contributed by atoms with E-state index in [4.69, 9.17) is 5.73 Å². The molecule has 0 spiro atoms. The van der Waals surface area contributed by atoms with Crippen molar-refractivity contribution in [2.45, 2.75) is 26.8 Å². The predicted molar refractivity (Wildman–Crippen MR) is 55.2 cm³/mol. The fourth-order valence-electron chi connectivity index (χ4n) is 3.45. The standard InChI is InChI=1S/C11H23N2/c1-8(2)13(4)6-10-9(5-12)11(10,3)7-13/h8-10H,5-7,12H2,1-4H3/q+1. The summed E-state index contributed by atoms with van der Waals surface area (Å²) in [6.07, 6.45) is 0. The Kier molecular flexibility index (Phi) is 1.81. The second kappa shape index (κ2) is 2.48. The average Bonchev–Trinajstić information content (AvgIpc) is 2.41. The number of hydrogen-bond donors (Lipinski definition) is 1. The molecule has 4 unspecified atom stereocenters. The number of likely N-dealkylation sites (tertiary alicyclic amines) is 1. The van der Waals surface area contributed by atoms with Crippen LogP contribution in [0.15, 0.2) is 0 Å². The lowest BCUT2D eigenvalue weighted by Gasteiger charge is -2.37. The first-order valence-corrected chi connectivity index (χ1v) is 5.48. The maximum atomic E-state index is 5.77. The molecule has 0 amide bonds. The summed E-state index contributed by atoms with van der Waals surface area (Å²) in [7, 11) is 2.40. The van der Waals surface area contributed by atoms with Crippen LogP contribution < -0.4 is 5.73 Å². The molecule has 2 N–H and O–H groups in total. The molecular weight excluding hydrogens is 160 g/mol. The van der Waals surface area contributed by atoms with Crippen molar-refractivity contribution in [1.82, 2.24) is 0 Å². The number of quaternary nitrogens is 1. The molecule has 0 aromatic rings. The molecule has 0 aromatic carbocycles. The summed E-state index contributed by atoms with van der Waals surface area (Å²) in [6, 6.07) is 0.767. The zero-order chi connectivity index (χ0) is 9.85. The van der Waals surface area contributed by atoms with E-state index in [9.17, 15) is 0 Å². The van der Waals surface area contributed by atoms with E-state index in [1.807, 2.05) is 0 Å². The van der Waals surface area contributed by atoms with Crippen LogP contribution in [0.3, 0.4) is 0 Å². The highest BCUT2D eigenvalue weighted by atomic mass is 15.4. The van der Waals surface area contributed by atoms with Crippen molar-refractivity contribution >= 4 is 0 Å². The van der Waals surface area contributed by atoms with Gasteiger partial charge in [0.2, 0.25) is 0 Å². The molecule has 0 bridgehead atoms. The molecule has 4 atom stereocenters. The molecule has 1 saturated carbocycles. The summed E-state index contributed by atoms with van der Waals surface area (Å²) in [6.45, 7) is 10.7. The Balaban J connectivity index is 2.08. The Morgan fingerprint density at radius 1 is 1.54 bits per heavy atom. The fraction of sp³-hybridized carbons (Fsp3) is 1.00. The van der Waals surface area contributed by atoms with Crippen molar-refractivity contribution in [3.8, 4) is 0 Å². The van der Waals surface area contributed by atoms with Gasteiger partial charge in [-0.25, -0.2) is 0 Å². The maximum absolute atomic E-state index is 5.77. The third-order valence-corrected chi connectivity index (χ3v) is 4.89. The molecule has 1 heterocycles. The molecule has 2 aliphatic rings. The van der Waals surface area contributed by atoms with E-state index >= 15 is 0 Å². The summed E-state index contributed by atoms with van der Waals surface area (Å²) >= 11 is 0. The largest absolute Gasteiger partial charge is 0.330 e. The first-order chi connectivity index (χ1) is 5.94. The molecule has 1 saturated heterocycles. The minimum Gasteiger partial charge on any atom is -0.330 e. The van der Waals surface area contributed by atoms with Crippen LogP contribution in [0.25, 0.3) is 0 Å². The number of rotatable bonds is 2. The van der Waals surface area contributed by atoms with Gasteiger partial charge < -0.3 is 10.2 Å². The minimum absolute atomic E-state index is 0.591. The molecule has 2 rings (SSSR count). The van der Waals surface area contributed by atoms with Crippen LogP contribution in [-0.4, -0.2) is 37.2 Å². The number of nitrogens with two attached hydrogens (primary N) is 1. The highest BCUT2D eigenvalue weighted by Gasteiger charge is 2.70. The first-order valence-electron chi connectivity index (χ1n) is 5.48. The van der Waals surface area contributed by atoms with Gasteiger partial charge in [0.15, 0.2) is 0 Å². The second-order valence-corrected chi connectivity index (χ2v) is 5.87. The minimum atomic E-state index is 0.591. The van der Waals surface area contributed by atoms with E-state index in [-0.39, 0.29) is 0 Å². The number of hydrogen-bond acceptors (Lipinski definition) is 1. The molecule has 13 heavy (non-hydrogen) atoms. The topological polar surface area (TPSA) is 26.0 Å². The van der Waals surface area contributed by atoms with E-state index < -0.39 is 0 Å². The van der Waals surface area contributed by atoms with E-state index in [0.717, 1.165) is 24.4 Å². The lowest BCUT2D eigenvalue weighted by Crippen LogP contribution is -2.50. The number of nitrogens with zero attached hydrogens (tertiary/aromatic N) is 1. The molecule has 0 radical (unpaired) electrons. The third kappa shape index (κ3) is 1.08. The Bertz CT molecular complexity index is 226. The molecule has 0 aromatic heterocycles. The number of fused-ring (bicyclic) bond motifs is 1. The molecule has 1 aliphatic heterocycles. The van der Waals surface area contributed by atoms with Crippen LogP contribution >= 0.6 is 0 Å². The summed E-state index contributed by atoms with van der Waals surface area (Å²) in [5.41, 5.74) is 6.36. The smallest absolute Gasteiger partial charge is 0.0849 e. The lowest BCUT2D eigenvalue weighted by molar-refractivity contribution is -0.925. The van der Waals surface area contributed by atoms with Crippen LogP contribution in [-0.2, 0) is 0 Å². The van der Waals surface area contributed by atoms with Crippen molar-refractivity contribution in [2.24, 2.45) is 23.0 Å². The molecule has 76 valence electrons. The van der Waals surface area contributed by atoms with Crippen LogP contribution in [0.1, 0.15) is 20.8 Å². The quantitative estimate of drug-likeness (QED) is 0.637. The molecule has 2 heteroatoms. The fourth-order valence-corrected chi connectivity index (χ4v) is 3.45. The lowest BCUT2D eigenvalue weighted by atomic mass is 10.1. The van der Waals surface area contributed by atoms with Crippen molar-refractivity contribution in [1.29, 1.82) is 0 Å². The van der Waals surface area contributed by atoms with Crippen LogP contribution in [0, 0.1) is 17.3 Å². The Morgan fingerprint density at radius 3 is 2.46 bits per heavy atom. The Morgan fingerprint density at radius 2 is 2.15 bits per heavy atom. The van der Waals surface area contributed by atoms with Gasteiger partial charge >= 0.3 is 0 Å². The van der Waals surface area contributed by atoms with Crippen LogP contribution in [0.4, 0.5) is 0 Å².